The molecular weight excluding hydrogens is 337 g/mol. The fourth-order valence-corrected chi connectivity index (χ4v) is 2.95. The van der Waals surface area contributed by atoms with Crippen molar-refractivity contribution in [2.45, 2.75) is 6.92 Å². The molecule has 23 heavy (non-hydrogen) atoms. The maximum Gasteiger partial charge on any atom is 0.259 e. The lowest BCUT2D eigenvalue weighted by Gasteiger charge is -2.01. The molecule has 3 aromatic rings. The first-order chi connectivity index (χ1) is 11.0. The molecule has 0 aliphatic carbocycles. The third-order valence-corrected chi connectivity index (χ3v) is 4.23. The predicted molar refractivity (Wildman–Crippen MR) is 89.4 cm³/mol. The molecule has 0 aliphatic rings. The van der Waals surface area contributed by atoms with Crippen molar-refractivity contribution in [3.8, 4) is 11.3 Å². The number of nitrogens with one attached hydrogen (secondary N) is 1. The topological polar surface area (TPSA) is 54.9 Å². The van der Waals surface area contributed by atoms with Crippen LogP contribution in [0.15, 0.2) is 42.6 Å². The van der Waals surface area contributed by atoms with Crippen LogP contribution in [-0.2, 0) is 0 Å². The Morgan fingerprint density at radius 3 is 2.61 bits per heavy atom. The van der Waals surface area contributed by atoms with Gasteiger partial charge in [0.05, 0.1) is 11.3 Å². The molecule has 0 fully saturated rings. The first kappa shape index (κ1) is 15.6. The molecule has 2 aromatic heterocycles. The van der Waals surface area contributed by atoms with Crippen LogP contribution in [0.25, 0.3) is 11.3 Å². The summed E-state index contributed by atoms with van der Waals surface area (Å²) >= 11 is 7.06. The molecule has 0 bridgehead atoms. The molecule has 4 nitrogen and oxygen atoms in total. The van der Waals surface area contributed by atoms with Crippen molar-refractivity contribution in [3.05, 3.63) is 64.0 Å². The van der Waals surface area contributed by atoms with Crippen LogP contribution in [0, 0.1) is 12.7 Å². The number of aryl methyl sites for hydroxylation is 1. The van der Waals surface area contributed by atoms with Gasteiger partial charge < -0.3 is 0 Å². The van der Waals surface area contributed by atoms with Gasteiger partial charge in [0.25, 0.3) is 5.91 Å². The second-order valence-electron chi connectivity index (χ2n) is 4.75. The van der Waals surface area contributed by atoms with Gasteiger partial charge in [-0.1, -0.05) is 11.6 Å². The maximum absolute atomic E-state index is 13.0. The van der Waals surface area contributed by atoms with Gasteiger partial charge in [0.1, 0.15) is 11.0 Å². The third kappa shape index (κ3) is 3.55. The van der Waals surface area contributed by atoms with Gasteiger partial charge in [-0.05, 0) is 43.3 Å². The fraction of sp³-hybridized carbons (Fsp3) is 0.0625. The van der Waals surface area contributed by atoms with Crippen LogP contribution < -0.4 is 5.32 Å². The smallest absolute Gasteiger partial charge is 0.259 e. The van der Waals surface area contributed by atoms with Crippen molar-refractivity contribution < 1.29 is 9.18 Å². The highest BCUT2D eigenvalue weighted by molar-refractivity contribution is 7.16. The van der Waals surface area contributed by atoms with E-state index >= 15 is 0 Å². The zero-order chi connectivity index (χ0) is 16.4. The van der Waals surface area contributed by atoms with E-state index < -0.39 is 0 Å². The van der Waals surface area contributed by atoms with E-state index in [0.717, 1.165) is 16.1 Å². The molecule has 3 rings (SSSR count). The Labute approximate surface area is 141 Å². The van der Waals surface area contributed by atoms with Gasteiger partial charge in [0.2, 0.25) is 0 Å². The monoisotopic (exact) mass is 347 g/mol. The summed E-state index contributed by atoms with van der Waals surface area (Å²) in [5.41, 5.74) is 1.92. The van der Waals surface area contributed by atoms with Crippen molar-refractivity contribution in [1.29, 1.82) is 0 Å². The standard InChI is InChI=1S/C16H11ClFN3OS/c1-9-14(10-2-5-12(18)6-3-10)20-16(23-9)21-15(22)11-4-7-13(17)19-8-11/h2-8H,1H3,(H,20,21,22). The summed E-state index contributed by atoms with van der Waals surface area (Å²) in [7, 11) is 0. The van der Waals surface area contributed by atoms with Crippen molar-refractivity contribution in [2.75, 3.05) is 5.32 Å². The van der Waals surface area contributed by atoms with Gasteiger partial charge in [0, 0.05) is 16.6 Å². The molecule has 0 atom stereocenters. The Morgan fingerprint density at radius 1 is 1.22 bits per heavy atom. The summed E-state index contributed by atoms with van der Waals surface area (Å²) in [6.45, 7) is 1.90. The predicted octanol–water partition coefficient (Wildman–Crippen LogP) is 4.56. The highest BCUT2D eigenvalue weighted by Gasteiger charge is 2.13. The van der Waals surface area contributed by atoms with Gasteiger partial charge in [-0.2, -0.15) is 0 Å². The number of carbonyl (C=O) groups excluding carboxylic acids is 1. The average Bonchev–Trinajstić information content (AvgIpc) is 2.89. The van der Waals surface area contributed by atoms with Gasteiger partial charge in [-0.3, -0.25) is 10.1 Å². The minimum absolute atomic E-state index is 0.301. The van der Waals surface area contributed by atoms with E-state index in [9.17, 15) is 9.18 Å². The molecule has 0 aliphatic heterocycles. The average molecular weight is 348 g/mol. The number of benzene rings is 1. The zero-order valence-electron chi connectivity index (χ0n) is 12.0. The van der Waals surface area contributed by atoms with Crippen LogP contribution in [-0.4, -0.2) is 15.9 Å². The van der Waals surface area contributed by atoms with Crippen molar-refractivity contribution >= 4 is 34.0 Å². The van der Waals surface area contributed by atoms with Crippen molar-refractivity contribution in [1.82, 2.24) is 9.97 Å². The van der Waals surface area contributed by atoms with E-state index in [0.29, 0.717) is 15.8 Å². The van der Waals surface area contributed by atoms with Crippen LogP contribution in [0.5, 0.6) is 0 Å². The number of anilines is 1. The number of thiazole rings is 1. The van der Waals surface area contributed by atoms with Gasteiger partial charge in [-0.15, -0.1) is 11.3 Å². The van der Waals surface area contributed by atoms with Crippen LogP contribution in [0.4, 0.5) is 9.52 Å². The van der Waals surface area contributed by atoms with Crippen LogP contribution >= 0.6 is 22.9 Å². The lowest BCUT2D eigenvalue weighted by Crippen LogP contribution is -2.11. The number of nitrogens with zero attached hydrogens (tertiary/aromatic N) is 2. The Bertz CT molecular complexity index is 847. The van der Waals surface area contributed by atoms with E-state index in [2.05, 4.69) is 15.3 Å². The minimum atomic E-state index is -0.312. The molecule has 0 radical (unpaired) electrons. The lowest BCUT2D eigenvalue weighted by atomic mass is 10.1. The van der Waals surface area contributed by atoms with E-state index in [1.54, 1.807) is 24.3 Å². The molecule has 1 amide bonds. The van der Waals surface area contributed by atoms with Gasteiger partial charge in [-0.25, -0.2) is 14.4 Å². The molecule has 7 heteroatoms. The Morgan fingerprint density at radius 2 is 1.96 bits per heavy atom. The molecule has 2 heterocycles. The lowest BCUT2D eigenvalue weighted by molar-refractivity contribution is 0.102. The highest BCUT2D eigenvalue weighted by Crippen LogP contribution is 2.30. The quantitative estimate of drug-likeness (QED) is 0.707. The van der Waals surface area contributed by atoms with E-state index in [1.165, 1.54) is 29.7 Å². The third-order valence-electron chi connectivity index (χ3n) is 3.12. The zero-order valence-corrected chi connectivity index (χ0v) is 13.6. The van der Waals surface area contributed by atoms with E-state index in [-0.39, 0.29) is 11.7 Å². The highest BCUT2D eigenvalue weighted by atomic mass is 35.5. The molecule has 0 unspecified atom stereocenters. The molecule has 1 N–H and O–H groups in total. The molecular formula is C16H11ClFN3OS. The Balaban J connectivity index is 1.82. The summed E-state index contributed by atoms with van der Waals surface area (Å²) in [5, 5.41) is 3.53. The SMILES string of the molecule is Cc1sc(NC(=O)c2ccc(Cl)nc2)nc1-c1ccc(F)cc1. The number of aromatic nitrogens is 2. The number of halogens is 2. The second kappa shape index (κ2) is 6.44. The van der Waals surface area contributed by atoms with E-state index in [4.69, 9.17) is 11.6 Å². The minimum Gasteiger partial charge on any atom is -0.298 e. The molecule has 116 valence electrons. The van der Waals surface area contributed by atoms with Crippen LogP contribution in [0.3, 0.4) is 0 Å². The summed E-state index contributed by atoms with van der Waals surface area (Å²) in [5.74, 6) is -0.612. The van der Waals surface area contributed by atoms with Crippen molar-refractivity contribution in [3.63, 3.8) is 0 Å². The molecule has 0 saturated carbocycles. The number of hydrogen-bond donors (Lipinski definition) is 1. The Kier molecular flexibility index (Phi) is 4.36. The van der Waals surface area contributed by atoms with Gasteiger partial charge in [0.15, 0.2) is 5.13 Å². The summed E-state index contributed by atoms with van der Waals surface area (Å²) in [4.78, 5) is 21.4. The summed E-state index contributed by atoms with van der Waals surface area (Å²) in [6.07, 6.45) is 1.40. The first-order valence-electron chi connectivity index (χ1n) is 6.69. The largest absolute Gasteiger partial charge is 0.298 e. The normalized spacial score (nSPS) is 10.6. The van der Waals surface area contributed by atoms with Crippen molar-refractivity contribution in [2.24, 2.45) is 0 Å². The number of rotatable bonds is 3. The molecule has 1 aromatic carbocycles. The maximum atomic E-state index is 13.0. The number of pyridine rings is 1. The van der Waals surface area contributed by atoms with Crippen LogP contribution in [0.1, 0.15) is 15.2 Å². The number of hydrogen-bond acceptors (Lipinski definition) is 4. The first-order valence-corrected chi connectivity index (χ1v) is 7.88. The fourth-order valence-electron chi connectivity index (χ4n) is 2.00. The summed E-state index contributed by atoms with van der Waals surface area (Å²) in [6, 6.07) is 9.22. The Hall–Kier alpha value is -2.31. The summed E-state index contributed by atoms with van der Waals surface area (Å²) < 4.78 is 13.0. The van der Waals surface area contributed by atoms with E-state index in [1.807, 2.05) is 6.92 Å². The molecule has 0 spiro atoms. The number of amides is 1. The number of carbonyl (C=O) groups is 1. The van der Waals surface area contributed by atoms with Crippen LogP contribution in [0.2, 0.25) is 5.15 Å². The second-order valence-corrected chi connectivity index (χ2v) is 6.34. The van der Waals surface area contributed by atoms with Gasteiger partial charge >= 0.3 is 0 Å². The molecule has 0 saturated heterocycles.